The number of pyridine rings is 1. The molecule has 0 amide bonds. The zero-order valence-corrected chi connectivity index (χ0v) is 18.1. The van der Waals surface area contributed by atoms with E-state index in [0.29, 0.717) is 6.61 Å². The Hall–Kier alpha value is -2.31. The number of hydrogen-bond donors (Lipinski definition) is 0. The average Bonchev–Trinajstić information content (AvgIpc) is 3.22. The SMILES string of the molecule is C[C@@H]1COCCN1c1cc([C@@H]2COCCC2(C)C)nc(-c2ccnc3c2C=CC3)n1. The molecule has 0 spiro atoms. The van der Waals surface area contributed by atoms with Gasteiger partial charge in [0, 0.05) is 48.9 Å². The fourth-order valence-corrected chi connectivity index (χ4v) is 4.74. The molecule has 0 radical (unpaired) electrons. The maximum atomic E-state index is 5.88. The van der Waals surface area contributed by atoms with Crippen LogP contribution in [0.15, 0.2) is 24.4 Å². The van der Waals surface area contributed by atoms with E-state index in [9.17, 15) is 0 Å². The Morgan fingerprint density at radius 3 is 2.83 bits per heavy atom. The summed E-state index contributed by atoms with van der Waals surface area (Å²) in [5.41, 5.74) is 4.52. The van der Waals surface area contributed by atoms with Crippen LogP contribution < -0.4 is 4.90 Å². The summed E-state index contributed by atoms with van der Waals surface area (Å²) in [6.07, 6.45) is 8.10. The minimum atomic E-state index is 0.137. The van der Waals surface area contributed by atoms with E-state index in [1.165, 1.54) is 0 Å². The van der Waals surface area contributed by atoms with Crippen molar-refractivity contribution in [3.63, 3.8) is 0 Å². The number of fused-ring (bicyclic) bond motifs is 1. The summed E-state index contributed by atoms with van der Waals surface area (Å²) in [6.45, 7) is 10.7. The molecule has 0 saturated carbocycles. The van der Waals surface area contributed by atoms with Crippen LogP contribution in [0, 0.1) is 5.41 Å². The summed E-state index contributed by atoms with van der Waals surface area (Å²) < 4.78 is 11.5. The zero-order chi connectivity index (χ0) is 20.7. The van der Waals surface area contributed by atoms with Crippen LogP contribution in [-0.2, 0) is 15.9 Å². The highest BCUT2D eigenvalue weighted by atomic mass is 16.5. The van der Waals surface area contributed by atoms with Crippen LogP contribution in [0.4, 0.5) is 5.82 Å². The third-order valence-corrected chi connectivity index (χ3v) is 6.78. The van der Waals surface area contributed by atoms with Crippen molar-refractivity contribution in [2.45, 2.75) is 45.6 Å². The predicted octanol–water partition coefficient (Wildman–Crippen LogP) is 3.86. The zero-order valence-electron chi connectivity index (χ0n) is 18.1. The van der Waals surface area contributed by atoms with Gasteiger partial charge >= 0.3 is 0 Å². The smallest absolute Gasteiger partial charge is 0.162 e. The quantitative estimate of drug-likeness (QED) is 0.771. The number of hydrogen-bond acceptors (Lipinski definition) is 6. The van der Waals surface area contributed by atoms with Gasteiger partial charge in [0.25, 0.3) is 0 Å². The van der Waals surface area contributed by atoms with E-state index in [2.05, 4.69) is 48.9 Å². The molecule has 2 aromatic rings. The van der Waals surface area contributed by atoms with Crippen molar-refractivity contribution < 1.29 is 9.47 Å². The molecule has 2 saturated heterocycles. The molecule has 30 heavy (non-hydrogen) atoms. The molecule has 0 aromatic carbocycles. The van der Waals surface area contributed by atoms with Crippen molar-refractivity contribution in [2.24, 2.45) is 5.41 Å². The number of anilines is 1. The molecule has 158 valence electrons. The molecule has 5 rings (SSSR count). The number of rotatable bonds is 3. The largest absolute Gasteiger partial charge is 0.381 e. The molecular weight excluding hydrogens is 376 g/mol. The molecule has 2 aliphatic heterocycles. The molecule has 1 aliphatic carbocycles. The fraction of sp³-hybridized carbons (Fsp3) is 0.542. The first kappa shape index (κ1) is 19.6. The lowest BCUT2D eigenvalue weighted by Crippen LogP contribution is -2.44. The van der Waals surface area contributed by atoms with E-state index < -0.39 is 0 Å². The number of nitrogens with zero attached hydrogens (tertiary/aromatic N) is 4. The molecule has 3 aliphatic rings. The average molecular weight is 407 g/mol. The second-order valence-corrected chi connectivity index (χ2v) is 9.28. The molecule has 6 nitrogen and oxygen atoms in total. The second kappa shape index (κ2) is 7.75. The normalized spacial score (nSPS) is 25.4. The standard InChI is InChI=1S/C24H30N4O2/c1-16-14-30-12-10-28(16)22-13-21(19-15-29-11-8-24(19,2)3)26-23(27-22)18-7-9-25-20-6-4-5-17(18)20/h4-5,7,9,13,16,19H,6,8,10-12,14-15H2,1-3H3/t16-,19+/m1/s1. The molecule has 2 aromatic heterocycles. The lowest BCUT2D eigenvalue weighted by Gasteiger charge is -2.39. The third kappa shape index (κ3) is 3.52. The van der Waals surface area contributed by atoms with E-state index in [-0.39, 0.29) is 17.4 Å². The Morgan fingerprint density at radius 2 is 2.00 bits per heavy atom. The molecular formula is C24H30N4O2. The summed E-state index contributed by atoms with van der Waals surface area (Å²) >= 11 is 0. The lowest BCUT2D eigenvalue weighted by molar-refractivity contribution is 0.00889. The lowest BCUT2D eigenvalue weighted by atomic mass is 9.73. The number of morpholine rings is 1. The van der Waals surface area contributed by atoms with Crippen LogP contribution in [0.5, 0.6) is 0 Å². The first-order chi connectivity index (χ1) is 14.5. The van der Waals surface area contributed by atoms with E-state index in [1.54, 1.807) is 0 Å². The van der Waals surface area contributed by atoms with E-state index in [0.717, 1.165) is 73.4 Å². The summed E-state index contributed by atoms with van der Waals surface area (Å²) in [5, 5.41) is 0. The summed E-state index contributed by atoms with van der Waals surface area (Å²) in [4.78, 5) is 17.1. The molecule has 6 heteroatoms. The topological polar surface area (TPSA) is 60.4 Å². The monoisotopic (exact) mass is 406 g/mol. The van der Waals surface area contributed by atoms with Crippen LogP contribution in [0.3, 0.4) is 0 Å². The van der Waals surface area contributed by atoms with Gasteiger partial charge in [0.2, 0.25) is 0 Å². The van der Waals surface area contributed by atoms with Crippen LogP contribution in [0.25, 0.3) is 17.5 Å². The van der Waals surface area contributed by atoms with Crippen molar-refractivity contribution in [1.82, 2.24) is 15.0 Å². The maximum Gasteiger partial charge on any atom is 0.162 e. The molecule has 2 fully saturated rings. The minimum Gasteiger partial charge on any atom is -0.381 e. The minimum absolute atomic E-state index is 0.137. The Morgan fingerprint density at radius 1 is 1.13 bits per heavy atom. The fourth-order valence-electron chi connectivity index (χ4n) is 4.74. The maximum absolute atomic E-state index is 5.88. The second-order valence-electron chi connectivity index (χ2n) is 9.28. The molecule has 2 atom stereocenters. The van der Waals surface area contributed by atoms with Gasteiger partial charge in [-0.3, -0.25) is 4.98 Å². The first-order valence-corrected chi connectivity index (χ1v) is 11.0. The van der Waals surface area contributed by atoms with Crippen molar-refractivity contribution in [2.75, 3.05) is 37.9 Å². The third-order valence-electron chi connectivity index (χ3n) is 6.78. The van der Waals surface area contributed by atoms with E-state index in [1.807, 2.05) is 12.3 Å². The van der Waals surface area contributed by atoms with Crippen LogP contribution in [-0.4, -0.2) is 54.0 Å². The Balaban J connectivity index is 1.64. The number of allylic oxidation sites excluding steroid dienone is 1. The van der Waals surface area contributed by atoms with Gasteiger partial charge in [0.1, 0.15) is 5.82 Å². The first-order valence-electron chi connectivity index (χ1n) is 11.0. The highest BCUT2D eigenvalue weighted by Gasteiger charge is 2.36. The van der Waals surface area contributed by atoms with Crippen LogP contribution >= 0.6 is 0 Å². The predicted molar refractivity (Wildman–Crippen MR) is 118 cm³/mol. The highest BCUT2D eigenvalue weighted by molar-refractivity contribution is 5.75. The van der Waals surface area contributed by atoms with Gasteiger partial charge in [-0.2, -0.15) is 0 Å². The van der Waals surface area contributed by atoms with Gasteiger partial charge in [-0.15, -0.1) is 0 Å². The molecule has 0 N–H and O–H groups in total. The summed E-state index contributed by atoms with van der Waals surface area (Å²) in [5.74, 6) is 2.01. The Kier molecular flexibility index (Phi) is 5.07. The van der Waals surface area contributed by atoms with Crippen molar-refractivity contribution in [1.29, 1.82) is 0 Å². The van der Waals surface area contributed by atoms with Gasteiger partial charge in [0.05, 0.1) is 37.3 Å². The Bertz CT molecular complexity index is 972. The van der Waals surface area contributed by atoms with Crippen molar-refractivity contribution >= 4 is 11.9 Å². The summed E-state index contributed by atoms with van der Waals surface area (Å²) in [7, 11) is 0. The molecule has 4 heterocycles. The Labute approximate surface area is 178 Å². The number of ether oxygens (including phenoxy) is 2. The van der Waals surface area contributed by atoms with Crippen molar-refractivity contribution in [3.05, 3.63) is 41.4 Å². The van der Waals surface area contributed by atoms with Gasteiger partial charge in [0.15, 0.2) is 5.82 Å². The summed E-state index contributed by atoms with van der Waals surface area (Å²) in [6, 6.07) is 4.51. The van der Waals surface area contributed by atoms with E-state index >= 15 is 0 Å². The van der Waals surface area contributed by atoms with Gasteiger partial charge < -0.3 is 14.4 Å². The van der Waals surface area contributed by atoms with Gasteiger partial charge in [-0.05, 0) is 24.8 Å². The van der Waals surface area contributed by atoms with Gasteiger partial charge in [-0.25, -0.2) is 9.97 Å². The molecule has 0 unspecified atom stereocenters. The van der Waals surface area contributed by atoms with E-state index in [4.69, 9.17) is 19.4 Å². The molecule has 0 bridgehead atoms. The van der Waals surface area contributed by atoms with Crippen LogP contribution in [0.2, 0.25) is 0 Å². The van der Waals surface area contributed by atoms with Crippen molar-refractivity contribution in [3.8, 4) is 11.4 Å². The van der Waals surface area contributed by atoms with Crippen LogP contribution in [0.1, 0.15) is 50.1 Å². The number of aromatic nitrogens is 3. The van der Waals surface area contributed by atoms with Gasteiger partial charge in [-0.1, -0.05) is 26.0 Å². The highest BCUT2D eigenvalue weighted by Crippen LogP contribution is 2.42.